The van der Waals surface area contributed by atoms with Gasteiger partial charge in [0, 0.05) is 45.5 Å². The van der Waals surface area contributed by atoms with Crippen molar-refractivity contribution in [1.82, 2.24) is 15.1 Å². The number of hydrogen-bond acceptors (Lipinski definition) is 4. The predicted molar refractivity (Wildman–Crippen MR) is 74.5 cm³/mol. The maximum atomic E-state index is 11.6. The maximum Gasteiger partial charge on any atom is 0.236 e. The van der Waals surface area contributed by atoms with Crippen LogP contribution >= 0.6 is 11.8 Å². The minimum Gasteiger partial charge on any atom is -0.348 e. The minimum absolute atomic E-state index is 0.207. The first-order valence-electron chi connectivity index (χ1n) is 6.28. The van der Waals surface area contributed by atoms with E-state index in [2.05, 4.69) is 16.5 Å². The van der Waals surface area contributed by atoms with Gasteiger partial charge in [-0.3, -0.25) is 9.69 Å². The van der Waals surface area contributed by atoms with E-state index >= 15 is 0 Å². The SMILES string of the molecule is CSCCNC1CCN(CC(=O)N(C)C)CC1. The second-order valence-corrected chi connectivity index (χ2v) is 5.77. The number of likely N-dealkylation sites (tertiary alicyclic amines) is 1. The molecule has 0 unspecified atom stereocenters. The normalized spacial score (nSPS) is 18.3. The van der Waals surface area contributed by atoms with Crippen molar-refractivity contribution in [1.29, 1.82) is 0 Å². The molecule has 4 nitrogen and oxygen atoms in total. The third kappa shape index (κ3) is 5.75. The van der Waals surface area contributed by atoms with E-state index in [0.29, 0.717) is 12.6 Å². The molecule has 1 N–H and O–H groups in total. The van der Waals surface area contributed by atoms with Gasteiger partial charge in [0.2, 0.25) is 5.91 Å². The number of rotatable bonds is 6. The fraction of sp³-hybridized carbons (Fsp3) is 0.917. The van der Waals surface area contributed by atoms with E-state index in [4.69, 9.17) is 0 Å². The molecule has 0 aromatic carbocycles. The number of piperidine rings is 1. The van der Waals surface area contributed by atoms with Gasteiger partial charge in [0.15, 0.2) is 0 Å². The van der Waals surface area contributed by atoms with Crippen LogP contribution in [0, 0.1) is 0 Å². The number of thioether (sulfide) groups is 1. The van der Waals surface area contributed by atoms with Crippen LogP contribution in [0.25, 0.3) is 0 Å². The lowest BCUT2D eigenvalue weighted by molar-refractivity contribution is -0.130. The van der Waals surface area contributed by atoms with Crippen molar-refractivity contribution in [2.45, 2.75) is 18.9 Å². The lowest BCUT2D eigenvalue weighted by Gasteiger charge is -2.32. The van der Waals surface area contributed by atoms with Gasteiger partial charge in [-0.25, -0.2) is 0 Å². The lowest BCUT2D eigenvalue weighted by Crippen LogP contribution is -2.46. The summed E-state index contributed by atoms with van der Waals surface area (Å²) in [7, 11) is 3.64. The first kappa shape index (κ1) is 14.8. The van der Waals surface area contributed by atoms with Gasteiger partial charge < -0.3 is 10.2 Å². The van der Waals surface area contributed by atoms with Crippen LogP contribution in [0.1, 0.15) is 12.8 Å². The first-order chi connectivity index (χ1) is 8.13. The molecule has 17 heavy (non-hydrogen) atoms. The second-order valence-electron chi connectivity index (χ2n) is 4.79. The van der Waals surface area contributed by atoms with Gasteiger partial charge in [-0.05, 0) is 19.1 Å². The zero-order valence-electron chi connectivity index (χ0n) is 11.2. The molecule has 1 amide bonds. The van der Waals surface area contributed by atoms with E-state index in [1.54, 1.807) is 4.90 Å². The molecule has 100 valence electrons. The average Bonchev–Trinajstić information content (AvgIpc) is 2.31. The Hall–Kier alpha value is -0.260. The number of nitrogens with one attached hydrogen (secondary N) is 1. The van der Waals surface area contributed by atoms with Gasteiger partial charge in [0.1, 0.15) is 0 Å². The van der Waals surface area contributed by atoms with Crippen molar-refractivity contribution < 1.29 is 4.79 Å². The number of nitrogens with zero attached hydrogens (tertiary/aromatic N) is 2. The molecule has 0 aromatic rings. The highest BCUT2D eigenvalue weighted by Crippen LogP contribution is 2.10. The molecule has 0 aliphatic carbocycles. The van der Waals surface area contributed by atoms with Crippen LogP contribution < -0.4 is 5.32 Å². The fourth-order valence-electron chi connectivity index (χ4n) is 1.99. The number of carbonyl (C=O) groups is 1. The standard InChI is InChI=1S/C12H25N3OS/c1-14(2)12(16)10-15-7-4-11(5-8-15)13-6-9-17-3/h11,13H,4-10H2,1-3H3. The van der Waals surface area contributed by atoms with E-state index in [-0.39, 0.29) is 5.91 Å². The van der Waals surface area contributed by atoms with Crippen molar-refractivity contribution >= 4 is 17.7 Å². The van der Waals surface area contributed by atoms with Gasteiger partial charge in [-0.2, -0.15) is 11.8 Å². The summed E-state index contributed by atoms with van der Waals surface area (Å²) < 4.78 is 0. The smallest absolute Gasteiger partial charge is 0.236 e. The van der Waals surface area contributed by atoms with Crippen LogP contribution in [0.5, 0.6) is 0 Å². The molecule has 0 radical (unpaired) electrons. The lowest BCUT2D eigenvalue weighted by atomic mass is 10.1. The van der Waals surface area contributed by atoms with Crippen LogP contribution in [0.3, 0.4) is 0 Å². The highest BCUT2D eigenvalue weighted by molar-refractivity contribution is 7.98. The molecule has 0 bridgehead atoms. The molecule has 0 spiro atoms. The van der Waals surface area contributed by atoms with Crippen molar-refractivity contribution in [3.05, 3.63) is 0 Å². The van der Waals surface area contributed by atoms with Gasteiger partial charge in [-0.1, -0.05) is 0 Å². The molecule has 5 heteroatoms. The maximum absolute atomic E-state index is 11.6. The zero-order valence-corrected chi connectivity index (χ0v) is 12.1. The summed E-state index contributed by atoms with van der Waals surface area (Å²) in [5.41, 5.74) is 0. The minimum atomic E-state index is 0.207. The van der Waals surface area contributed by atoms with E-state index in [9.17, 15) is 4.79 Å². The Bertz CT molecular complexity index is 228. The number of hydrogen-bond donors (Lipinski definition) is 1. The molecule has 1 aliphatic heterocycles. The highest BCUT2D eigenvalue weighted by atomic mass is 32.2. The molecule has 1 rings (SSSR count). The third-order valence-corrected chi connectivity index (χ3v) is 3.80. The van der Waals surface area contributed by atoms with Crippen LogP contribution in [-0.4, -0.2) is 74.0 Å². The monoisotopic (exact) mass is 259 g/mol. The number of likely N-dealkylation sites (N-methyl/N-ethyl adjacent to an activating group) is 1. The summed E-state index contributed by atoms with van der Waals surface area (Å²) in [6, 6.07) is 0.646. The fourth-order valence-corrected chi connectivity index (χ4v) is 2.31. The van der Waals surface area contributed by atoms with Gasteiger partial charge in [0.25, 0.3) is 0 Å². The Morgan fingerprint density at radius 3 is 2.59 bits per heavy atom. The molecule has 1 fully saturated rings. The van der Waals surface area contributed by atoms with E-state index in [0.717, 1.165) is 32.5 Å². The van der Waals surface area contributed by atoms with Gasteiger partial charge in [-0.15, -0.1) is 0 Å². The Morgan fingerprint density at radius 2 is 2.06 bits per heavy atom. The van der Waals surface area contributed by atoms with Crippen molar-refractivity contribution in [2.75, 3.05) is 52.3 Å². The molecule has 1 saturated heterocycles. The van der Waals surface area contributed by atoms with Gasteiger partial charge in [0.05, 0.1) is 6.54 Å². The van der Waals surface area contributed by atoms with Crippen molar-refractivity contribution in [2.24, 2.45) is 0 Å². The number of amides is 1. The molecule has 0 atom stereocenters. The molecule has 1 aliphatic rings. The molecule has 0 saturated carbocycles. The Morgan fingerprint density at radius 1 is 1.41 bits per heavy atom. The molecule has 0 aromatic heterocycles. The average molecular weight is 259 g/mol. The second kappa shape index (κ2) is 7.95. The van der Waals surface area contributed by atoms with Gasteiger partial charge >= 0.3 is 0 Å². The van der Waals surface area contributed by atoms with Crippen LogP contribution in [0.15, 0.2) is 0 Å². The topological polar surface area (TPSA) is 35.6 Å². The van der Waals surface area contributed by atoms with Crippen molar-refractivity contribution in [3.8, 4) is 0 Å². The Balaban J connectivity index is 2.15. The number of carbonyl (C=O) groups excluding carboxylic acids is 1. The summed E-state index contributed by atoms with van der Waals surface area (Å²) in [4.78, 5) is 15.5. The van der Waals surface area contributed by atoms with E-state index in [1.807, 2.05) is 25.9 Å². The Kier molecular flexibility index (Phi) is 6.92. The first-order valence-corrected chi connectivity index (χ1v) is 7.67. The largest absolute Gasteiger partial charge is 0.348 e. The summed E-state index contributed by atoms with van der Waals surface area (Å²) >= 11 is 1.88. The van der Waals surface area contributed by atoms with Crippen LogP contribution in [0.2, 0.25) is 0 Å². The predicted octanol–water partition coefficient (Wildman–Crippen LogP) is 0.492. The van der Waals surface area contributed by atoms with Crippen LogP contribution in [0.4, 0.5) is 0 Å². The third-order valence-electron chi connectivity index (χ3n) is 3.18. The Labute approximate surface area is 109 Å². The highest BCUT2D eigenvalue weighted by Gasteiger charge is 2.20. The summed E-state index contributed by atoms with van der Waals surface area (Å²) in [5, 5.41) is 3.58. The van der Waals surface area contributed by atoms with E-state index < -0.39 is 0 Å². The molecular formula is C12H25N3OS. The van der Waals surface area contributed by atoms with E-state index in [1.165, 1.54) is 5.75 Å². The zero-order chi connectivity index (χ0) is 12.7. The summed E-state index contributed by atoms with van der Waals surface area (Å²) in [6.45, 7) is 3.75. The van der Waals surface area contributed by atoms with Crippen LogP contribution in [-0.2, 0) is 4.79 Å². The molecule has 1 heterocycles. The molecular weight excluding hydrogens is 234 g/mol. The van der Waals surface area contributed by atoms with Crippen molar-refractivity contribution in [3.63, 3.8) is 0 Å². The summed E-state index contributed by atoms with van der Waals surface area (Å²) in [6.07, 6.45) is 4.46. The summed E-state index contributed by atoms with van der Waals surface area (Å²) in [5.74, 6) is 1.39. The quantitative estimate of drug-likeness (QED) is 0.704.